The molecular formula is C14H21F2N. The second-order valence-corrected chi connectivity index (χ2v) is 5.02. The van der Waals surface area contributed by atoms with Gasteiger partial charge in [0.05, 0.1) is 0 Å². The van der Waals surface area contributed by atoms with Crippen molar-refractivity contribution in [1.82, 2.24) is 0 Å². The van der Waals surface area contributed by atoms with Gasteiger partial charge in [-0.3, -0.25) is 0 Å². The van der Waals surface area contributed by atoms with Gasteiger partial charge in [0.1, 0.15) is 11.6 Å². The predicted octanol–water partition coefficient (Wildman–Crippen LogP) is 3.66. The molecule has 0 saturated carbocycles. The second-order valence-electron chi connectivity index (χ2n) is 5.02. The summed E-state index contributed by atoms with van der Waals surface area (Å²) in [6.07, 6.45) is 3.56. The van der Waals surface area contributed by atoms with Gasteiger partial charge in [0.2, 0.25) is 0 Å². The maximum Gasteiger partial charge on any atom is 0.129 e. The number of benzene rings is 1. The lowest BCUT2D eigenvalue weighted by molar-refractivity contribution is 0.489. The van der Waals surface area contributed by atoms with Crippen LogP contribution in [0.15, 0.2) is 18.2 Å². The molecule has 1 aromatic carbocycles. The minimum atomic E-state index is -0.542. The van der Waals surface area contributed by atoms with Crippen molar-refractivity contribution in [2.45, 2.75) is 45.6 Å². The Bertz CT molecular complexity index is 350. The van der Waals surface area contributed by atoms with Crippen LogP contribution in [-0.4, -0.2) is 6.04 Å². The molecule has 0 heterocycles. The van der Waals surface area contributed by atoms with E-state index in [0.29, 0.717) is 17.9 Å². The Balaban J connectivity index is 2.42. The third-order valence-corrected chi connectivity index (χ3v) is 2.85. The van der Waals surface area contributed by atoms with Gasteiger partial charge in [0, 0.05) is 12.1 Å². The molecule has 0 aromatic heterocycles. The van der Waals surface area contributed by atoms with Crippen LogP contribution >= 0.6 is 0 Å². The van der Waals surface area contributed by atoms with Crippen molar-refractivity contribution in [2.75, 3.05) is 0 Å². The van der Waals surface area contributed by atoms with Gasteiger partial charge in [-0.15, -0.1) is 0 Å². The lowest BCUT2D eigenvalue weighted by Crippen LogP contribution is -2.23. The Hall–Kier alpha value is -0.960. The lowest BCUT2D eigenvalue weighted by atomic mass is 9.98. The smallest absolute Gasteiger partial charge is 0.129 e. The molecule has 1 nitrogen and oxygen atoms in total. The lowest BCUT2D eigenvalue weighted by Gasteiger charge is -2.13. The van der Waals surface area contributed by atoms with Crippen molar-refractivity contribution in [2.24, 2.45) is 11.7 Å². The summed E-state index contributed by atoms with van der Waals surface area (Å²) in [6.45, 7) is 4.34. The van der Waals surface area contributed by atoms with Gasteiger partial charge in [-0.1, -0.05) is 32.8 Å². The molecular weight excluding hydrogens is 220 g/mol. The molecule has 1 atom stereocenters. The number of hydrogen-bond acceptors (Lipinski definition) is 1. The van der Waals surface area contributed by atoms with E-state index in [0.717, 1.165) is 25.3 Å². The molecule has 2 N–H and O–H groups in total. The van der Waals surface area contributed by atoms with Crippen LogP contribution in [0.5, 0.6) is 0 Å². The molecule has 3 heteroatoms. The summed E-state index contributed by atoms with van der Waals surface area (Å²) in [5.41, 5.74) is 6.44. The fraction of sp³-hybridized carbons (Fsp3) is 0.571. The van der Waals surface area contributed by atoms with Crippen LogP contribution in [0.1, 0.15) is 38.7 Å². The molecule has 0 bridgehead atoms. The van der Waals surface area contributed by atoms with Crippen molar-refractivity contribution < 1.29 is 8.78 Å². The first-order valence-electron chi connectivity index (χ1n) is 6.18. The predicted molar refractivity (Wildman–Crippen MR) is 66.7 cm³/mol. The zero-order valence-corrected chi connectivity index (χ0v) is 10.5. The maximum atomic E-state index is 13.4. The third-order valence-electron chi connectivity index (χ3n) is 2.85. The minimum Gasteiger partial charge on any atom is -0.327 e. The first-order valence-corrected chi connectivity index (χ1v) is 6.18. The minimum absolute atomic E-state index is 0.0475. The van der Waals surface area contributed by atoms with E-state index < -0.39 is 11.6 Å². The molecule has 0 aliphatic heterocycles. The summed E-state index contributed by atoms with van der Waals surface area (Å²) >= 11 is 0. The standard InChI is InChI=1S/C14H21F2N/c1-10(2)4-3-5-13(17)8-11-6-7-12(15)9-14(11)16/h6-7,9-10,13H,3-5,8,17H2,1-2H3. The highest BCUT2D eigenvalue weighted by atomic mass is 19.1. The number of hydrogen-bond donors (Lipinski definition) is 1. The molecule has 0 aliphatic rings. The first-order chi connectivity index (χ1) is 7.99. The van der Waals surface area contributed by atoms with E-state index in [4.69, 9.17) is 5.73 Å². The molecule has 1 unspecified atom stereocenters. The van der Waals surface area contributed by atoms with Gasteiger partial charge in [0.25, 0.3) is 0 Å². The average Bonchev–Trinajstić information content (AvgIpc) is 2.21. The van der Waals surface area contributed by atoms with Crippen molar-refractivity contribution in [3.8, 4) is 0 Å². The van der Waals surface area contributed by atoms with E-state index in [2.05, 4.69) is 13.8 Å². The Morgan fingerprint density at radius 3 is 2.47 bits per heavy atom. The van der Waals surface area contributed by atoms with Gasteiger partial charge in [0.15, 0.2) is 0 Å². The van der Waals surface area contributed by atoms with E-state index >= 15 is 0 Å². The van der Waals surface area contributed by atoms with E-state index in [9.17, 15) is 8.78 Å². The highest BCUT2D eigenvalue weighted by molar-refractivity contribution is 5.19. The van der Waals surface area contributed by atoms with Gasteiger partial charge in [-0.25, -0.2) is 8.78 Å². The van der Waals surface area contributed by atoms with Crippen LogP contribution in [0.3, 0.4) is 0 Å². The summed E-state index contributed by atoms with van der Waals surface area (Å²) in [5.74, 6) is -0.367. The van der Waals surface area contributed by atoms with Crippen LogP contribution in [0.25, 0.3) is 0 Å². The fourth-order valence-electron chi connectivity index (χ4n) is 1.86. The quantitative estimate of drug-likeness (QED) is 0.808. The highest BCUT2D eigenvalue weighted by Gasteiger charge is 2.09. The van der Waals surface area contributed by atoms with Crippen molar-refractivity contribution in [3.05, 3.63) is 35.4 Å². The molecule has 0 amide bonds. The molecule has 0 aliphatic carbocycles. The Morgan fingerprint density at radius 1 is 1.18 bits per heavy atom. The molecule has 0 spiro atoms. The summed E-state index contributed by atoms with van der Waals surface area (Å²) in [6, 6.07) is 3.62. The number of halogens is 2. The van der Waals surface area contributed by atoms with Crippen LogP contribution in [0.4, 0.5) is 8.78 Å². The van der Waals surface area contributed by atoms with Gasteiger partial charge in [-0.05, 0) is 30.4 Å². The van der Waals surface area contributed by atoms with Crippen LogP contribution in [-0.2, 0) is 6.42 Å². The topological polar surface area (TPSA) is 26.0 Å². The summed E-state index contributed by atoms with van der Waals surface area (Å²) in [4.78, 5) is 0. The molecule has 96 valence electrons. The van der Waals surface area contributed by atoms with Crippen LogP contribution in [0, 0.1) is 17.6 Å². The van der Waals surface area contributed by atoms with Gasteiger partial charge in [-0.2, -0.15) is 0 Å². The Morgan fingerprint density at radius 2 is 1.88 bits per heavy atom. The molecule has 0 radical (unpaired) electrons. The van der Waals surface area contributed by atoms with Gasteiger partial charge >= 0.3 is 0 Å². The van der Waals surface area contributed by atoms with Crippen molar-refractivity contribution >= 4 is 0 Å². The maximum absolute atomic E-state index is 13.4. The molecule has 17 heavy (non-hydrogen) atoms. The zero-order chi connectivity index (χ0) is 12.8. The third kappa shape index (κ3) is 5.26. The van der Waals surface area contributed by atoms with Crippen molar-refractivity contribution in [1.29, 1.82) is 0 Å². The summed E-state index contributed by atoms with van der Waals surface area (Å²) < 4.78 is 26.1. The van der Waals surface area contributed by atoms with E-state index in [-0.39, 0.29) is 6.04 Å². The number of nitrogens with two attached hydrogens (primary N) is 1. The van der Waals surface area contributed by atoms with E-state index in [1.54, 1.807) is 0 Å². The Kier molecular flexibility index (Phi) is 5.56. The molecule has 0 saturated heterocycles. The van der Waals surface area contributed by atoms with E-state index in [1.807, 2.05) is 0 Å². The van der Waals surface area contributed by atoms with Gasteiger partial charge < -0.3 is 5.73 Å². The summed E-state index contributed by atoms with van der Waals surface area (Å²) in [7, 11) is 0. The monoisotopic (exact) mass is 241 g/mol. The second kappa shape index (κ2) is 6.70. The Labute approximate surface area is 102 Å². The average molecular weight is 241 g/mol. The van der Waals surface area contributed by atoms with Crippen LogP contribution < -0.4 is 5.73 Å². The fourth-order valence-corrected chi connectivity index (χ4v) is 1.86. The normalized spacial score (nSPS) is 13.1. The van der Waals surface area contributed by atoms with Crippen molar-refractivity contribution in [3.63, 3.8) is 0 Å². The van der Waals surface area contributed by atoms with E-state index in [1.165, 1.54) is 12.1 Å². The SMILES string of the molecule is CC(C)CCCC(N)Cc1ccc(F)cc1F. The zero-order valence-electron chi connectivity index (χ0n) is 10.5. The largest absolute Gasteiger partial charge is 0.327 e. The molecule has 1 aromatic rings. The molecule has 0 fully saturated rings. The summed E-state index contributed by atoms with van der Waals surface area (Å²) in [5, 5.41) is 0. The highest BCUT2D eigenvalue weighted by Crippen LogP contribution is 2.14. The van der Waals surface area contributed by atoms with Crippen LogP contribution in [0.2, 0.25) is 0 Å². The number of rotatable bonds is 6. The first kappa shape index (κ1) is 14.1. The molecule has 1 rings (SSSR count).